The number of nitrogens with one attached hydrogen (secondary N) is 2. The number of imidazole rings is 1. The first-order valence-electron chi connectivity index (χ1n) is 12.0. The summed E-state index contributed by atoms with van der Waals surface area (Å²) in [6, 6.07) is 23.9. The summed E-state index contributed by atoms with van der Waals surface area (Å²) >= 11 is 6.26. The standard InChI is InChI=1S/C29H27ClN4O/c1-29(2)15-23-27(25(35)16-29)28(18-11-13-19(30)14-12-18)34(24-10-6-5-9-22(24)31-23)17-26-32-20-7-3-4-8-21(20)33-26/h3-14,28,31H,15-17H2,1-2H3,(H,32,33). The summed E-state index contributed by atoms with van der Waals surface area (Å²) in [5.74, 6) is 1.04. The number of anilines is 2. The van der Waals surface area contributed by atoms with Gasteiger partial charge in [-0.15, -0.1) is 0 Å². The Kier molecular flexibility index (Phi) is 5.19. The molecule has 6 rings (SSSR count). The average Bonchev–Trinajstić information content (AvgIpc) is 3.17. The Hall–Kier alpha value is -3.57. The zero-order valence-electron chi connectivity index (χ0n) is 19.8. The first-order valence-corrected chi connectivity index (χ1v) is 12.3. The summed E-state index contributed by atoms with van der Waals surface area (Å²) in [6.45, 7) is 4.85. The Morgan fingerprint density at radius 2 is 1.74 bits per heavy atom. The lowest BCUT2D eigenvalue weighted by atomic mass is 9.73. The van der Waals surface area contributed by atoms with Crippen molar-refractivity contribution in [1.29, 1.82) is 0 Å². The van der Waals surface area contributed by atoms with Gasteiger partial charge in [-0.2, -0.15) is 0 Å². The number of aromatic amines is 1. The van der Waals surface area contributed by atoms with E-state index in [-0.39, 0.29) is 17.2 Å². The molecule has 1 unspecified atom stereocenters. The van der Waals surface area contributed by atoms with Crippen LogP contribution in [0.4, 0.5) is 11.4 Å². The fourth-order valence-electron chi connectivity index (χ4n) is 5.46. The molecule has 0 saturated carbocycles. The van der Waals surface area contributed by atoms with Crippen molar-refractivity contribution in [2.75, 3.05) is 10.2 Å². The quantitative estimate of drug-likeness (QED) is 0.329. The smallest absolute Gasteiger partial charge is 0.163 e. The van der Waals surface area contributed by atoms with Crippen molar-refractivity contribution in [1.82, 2.24) is 9.97 Å². The molecule has 0 saturated heterocycles. The van der Waals surface area contributed by atoms with Gasteiger partial charge in [-0.1, -0.05) is 61.8 Å². The number of allylic oxidation sites excluding steroid dienone is 1. The van der Waals surface area contributed by atoms with E-state index in [2.05, 4.69) is 41.2 Å². The van der Waals surface area contributed by atoms with E-state index < -0.39 is 0 Å². The Bertz CT molecular complexity index is 1430. The number of rotatable bonds is 3. The molecule has 2 aliphatic rings. The predicted molar refractivity (Wildman–Crippen MR) is 142 cm³/mol. The van der Waals surface area contributed by atoms with Crippen molar-refractivity contribution >= 4 is 39.8 Å². The highest BCUT2D eigenvalue weighted by Gasteiger charge is 2.41. The molecule has 5 nitrogen and oxygen atoms in total. The number of halogens is 1. The van der Waals surface area contributed by atoms with Crippen molar-refractivity contribution in [3.05, 3.63) is 100 Å². The second kappa shape index (κ2) is 8.28. The summed E-state index contributed by atoms with van der Waals surface area (Å²) in [5.41, 5.74) is 6.74. The van der Waals surface area contributed by atoms with Gasteiger partial charge in [-0.25, -0.2) is 4.98 Å². The molecule has 2 N–H and O–H groups in total. The maximum absolute atomic E-state index is 13.8. The number of carbonyl (C=O) groups is 1. The SMILES string of the molecule is CC1(C)CC(=O)C2=C(C1)Nc1ccccc1N(Cc1nc3ccccc3[nH]1)C2c1ccc(Cl)cc1. The number of hydrogen-bond acceptors (Lipinski definition) is 4. The van der Waals surface area contributed by atoms with E-state index in [9.17, 15) is 4.79 Å². The normalized spacial score (nSPS) is 19.2. The number of benzene rings is 3. The van der Waals surface area contributed by atoms with E-state index >= 15 is 0 Å². The van der Waals surface area contributed by atoms with Gasteiger partial charge < -0.3 is 15.2 Å². The Labute approximate surface area is 209 Å². The number of H-pyrrole nitrogens is 1. The minimum atomic E-state index is -0.268. The molecule has 0 fully saturated rings. The maximum atomic E-state index is 13.8. The number of para-hydroxylation sites is 4. The molecule has 3 aromatic carbocycles. The lowest BCUT2D eigenvalue weighted by Gasteiger charge is -2.37. The summed E-state index contributed by atoms with van der Waals surface area (Å²) in [6.07, 6.45) is 1.33. The highest BCUT2D eigenvalue weighted by atomic mass is 35.5. The van der Waals surface area contributed by atoms with Gasteiger partial charge in [0.05, 0.1) is 35.0 Å². The first-order chi connectivity index (χ1) is 16.9. The number of carbonyl (C=O) groups excluding carboxylic acids is 1. The predicted octanol–water partition coefficient (Wildman–Crippen LogP) is 7.03. The Morgan fingerprint density at radius 1 is 1.00 bits per heavy atom. The summed E-state index contributed by atoms with van der Waals surface area (Å²) < 4.78 is 0. The molecular formula is C29H27ClN4O. The Balaban J connectivity index is 1.56. The molecule has 0 amide bonds. The fourth-order valence-corrected chi connectivity index (χ4v) is 5.59. The van der Waals surface area contributed by atoms with Gasteiger partial charge in [0.25, 0.3) is 0 Å². The maximum Gasteiger partial charge on any atom is 0.163 e. The molecule has 6 heteroatoms. The van der Waals surface area contributed by atoms with Crippen LogP contribution in [0.3, 0.4) is 0 Å². The van der Waals surface area contributed by atoms with Crippen LogP contribution in [0.5, 0.6) is 0 Å². The molecular weight excluding hydrogens is 456 g/mol. The van der Waals surface area contributed by atoms with Gasteiger partial charge in [-0.05, 0) is 53.8 Å². The van der Waals surface area contributed by atoms with Gasteiger partial charge in [0, 0.05) is 22.7 Å². The molecule has 176 valence electrons. The van der Waals surface area contributed by atoms with Gasteiger partial charge in [-0.3, -0.25) is 4.79 Å². The molecule has 0 spiro atoms. The fraction of sp³-hybridized carbons (Fsp3) is 0.241. The summed E-state index contributed by atoms with van der Waals surface area (Å²) in [5, 5.41) is 4.34. The monoisotopic (exact) mass is 482 g/mol. The van der Waals surface area contributed by atoms with E-state index in [0.717, 1.165) is 51.5 Å². The highest BCUT2D eigenvalue weighted by molar-refractivity contribution is 6.30. The summed E-state index contributed by atoms with van der Waals surface area (Å²) in [4.78, 5) is 24.4. The molecule has 1 aliphatic carbocycles. The van der Waals surface area contributed by atoms with Crippen LogP contribution >= 0.6 is 11.6 Å². The third kappa shape index (κ3) is 4.00. The number of fused-ring (bicyclic) bond motifs is 2. The molecule has 2 heterocycles. The van der Waals surface area contributed by atoms with Gasteiger partial charge >= 0.3 is 0 Å². The number of ketones is 1. The van der Waals surface area contributed by atoms with Crippen molar-refractivity contribution in [3.8, 4) is 0 Å². The lowest BCUT2D eigenvalue weighted by molar-refractivity contribution is -0.118. The Morgan fingerprint density at radius 3 is 2.54 bits per heavy atom. The van der Waals surface area contributed by atoms with E-state index in [1.807, 2.05) is 60.7 Å². The molecule has 4 aromatic rings. The average molecular weight is 483 g/mol. The van der Waals surface area contributed by atoms with Crippen molar-refractivity contribution in [2.24, 2.45) is 5.41 Å². The van der Waals surface area contributed by atoms with Crippen LogP contribution in [0, 0.1) is 5.41 Å². The molecule has 1 aromatic heterocycles. The number of nitrogens with zero attached hydrogens (tertiary/aromatic N) is 2. The van der Waals surface area contributed by atoms with Crippen molar-refractivity contribution < 1.29 is 4.79 Å². The largest absolute Gasteiger partial charge is 0.357 e. The van der Waals surface area contributed by atoms with Crippen LogP contribution in [-0.4, -0.2) is 15.8 Å². The van der Waals surface area contributed by atoms with E-state index in [1.54, 1.807) is 0 Å². The van der Waals surface area contributed by atoms with Crippen LogP contribution in [0.2, 0.25) is 5.02 Å². The molecule has 1 aliphatic heterocycles. The third-order valence-electron chi connectivity index (χ3n) is 6.95. The van der Waals surface area contributed by atoms with Crippen LogP contribution in [0.1, 0.15) is 44.1 Å². The zero-order chi connectivity index (χ0) is 24.2. The first kappa shape index (κ1) is 21.9. The molecule has 1 atom stereocenters. The molecule has 0 bridgehead atoms. The van der Waals surface area contributed by atoms with Crippen molar-refractivity contribution in [3.63, 3.8) is 0 Å². The highest BCUT2D eigenvalue weighted by Crippen LogP contribution is 2.48. The number of aromatic nitrogens is 2. The third-order valence-corrected chi connectivity index (χ3v) is 7.20. The van der Waals surface area contributed by atoms with Gasteiger partial charge in [0.1, 0.15) is 5.82 Å². The second-order valence-electron chi connectivity index (χ2n) is 10.3. The number of Topliss-reactive ketones (excluding diaryl/α,β-unsaturated/α-hetero) is 1. The topological polar surface area (TPSA) is 61.0 Å². The van der Waals surface area contributed by atoms with Crippen LogP contribution in [0.25, 0.3) is 11.0 Å². The van der Waals surface area contributed by atoms with E-state index in [1.165, 1.54) is 0 Å². The van der Waals surface area contributed by atoms with E-state index in [0.29, 0.717) is 18.0 Å². The van der Waals surface area contributed by atoms with E-state index in [4.69, 9.17) is 16.6 Å². The van der Waals surface area contributed by atoms with Gasteiger partial charge in [0.2, 0.25) is 0 Å². The van der Waals surface area contributed by atoms with Crippen molar-refractivity contribution in [2.45, 2.75) is 39.3 Å². The number of hydrogen-bond donors (Lipinski definition) is 2. The molecule has 0 radical (unpaired) electrons. The zero-order valence-corrected chi connectivity index (χ0v) is 20.6. The summed E-state index contributed by atoms with van der Waals surface area (Å²) in [7, 11) is 0. The minimum absolute atomic E-state index is 0.101. The van der Waals surface area contributed by atoms with Gasteiger partial charge in [0.15, 0.2) is 5.78 Å². The van der Waals surface area contributed by atoms with Crippen LogP contribution in [-0.2, 0) is 11.3 Å². The van der Waals surface area contributed by atoms with Crippen LogP contribution < -0.4 is 10.2 Å². The lowest BCUT2D eigenvalue weighted by Crippen LogP contribution is -2.36. The van der Waals surface area contributed by atoms with Crippen LogP contribution in [0.15, 0.2) is 84.1 Å². The minimum Gasteiger partial charge on any atom is -0.357 e. The molecule has 35 heavy (non-hydrogen) atoms. The second-order valence-corrected chi connectivity index (χ2v) is 10.7.